The average molecular weight is 1010 g/mol. The van der Waals surface area contributed by atoms with Crippen LogP contribution in [0.2, 0.25) is 5.02 Å². The van der Waals surface area contributed by atoms with E-state index in [-0.39, 0.29) is 62.4 Å². The second-order valence-corrected chi connectivity index (χ2v) is 22.0. The number of aromatic nitrogens is 5. The zero-order chi connectivity index (χ0) is 49.1. The van der Waals surface area contributed by atoms with E-state index in [9.17, 15) is 56.8 Å². The maximum absolute atomic E-state index is 15.6. The maximum Gasteiger partial charge on any atom is 0.435 e. The summed E-state index contributed by atoms with van der Waals surface area (Å²) in [5.74, 6) is -5.01. The minimum absolute atomic E-state index is 0.0375. The molecule has 25 heteroatoms. The fraction of sp³-hybridized carbons (Fsp3) is 0.429. The van der Waals surface area contributed by atoms with Crippen LogP contribution in [0, 0.1) is 29.4 Å². The van der Waals surface area contributed by atoms with Crippen LogP contribution in [-0.4, -0.2) is 70.7 Å². The van der Waals surface area contributed by atoms with E-state index in [1.54, 1.807) is 0 Å². The third-order valence-corrected chi connectivity index (χ3v) is 14.8. The summed E-state index contributed by atoms with van der Waals surface area (Å²) in [6, 6.07) is 3.07. The van der Waals surface area contributed by atoms with Crippen molar-refractivity contribution in [2.75, 3.05) is 17.2 Å². The molecule has 358 valence electrons. The second kappa shape index (κ2) is 16.1. The zero-order valence-corrected chi connectivity index (χ0v) is 37.7. The lowest BCUT2D eigenvalue weighted by molar-refractivity contribution is -0.142. The summed E-state index contributed by atoms with van der Waals surface area (Å²) in [5.41, 5.74) is -3.87. The highest BCUT2D eigenvalue weighted by molar-refractivity contribution is 7.92. The standard InChI is InChI=1S/C42H36ClF10N7O5S2/c1-39(2,66(3,62)63)11-10-28-22-6-5-7-23(22)31(24-8-9-27(43)33-35(24)60(18-40(46,47)48)57-38(33)58-67(4,64)65)34(55-28)29(14-19-12-20(44)15-21(45)13-19)54-30(61)17-59-37-32(36(56-59)42(51,52)53)25-16-26(25)41(37,49)50/h8-9,12-13,15,25-26,29H,5-7,14,16-18H2,1-4H3,(H,54,61)(H,57,58)/t25-,26+,29+/m0/s1. The number of amides is 1. The van der Waals surface area contributed by atoms with Crippen LogP contribution in [0.5, 0.6) is 0 Å². The van der Waals surface area contributed by atoms with Gasteiger partial charge in [-0.2, -0.15) is 45.3 Å². The van der Waals surface area contributed by atoms with E-state index in [0.717, 1.165) is 18.4 Å². The molecule has 67 heavy (non-hydrogen) atoms. The van der Waals surface area contributed by atoms with Gasteiger partial charge in [-0.05, 0) is 92.7 Å². The van der Waals surface area contributed by atoms with Gasteiger partial charge in [-0.25, -0.2) is 30.6 Å². The third kappa shape index (κ3) is 9.17. The largest absolute Gasteiger partial charge is 0.435 e. The molecule has 3 atom stereocenters. The number of pyridine rings is 1. The number of nitrogens with zero attached hydrogens (tertiary/aromatic N) is 5. The Kier molecular flexibility index (Phi) is 11.6. The first-order chi connectivity index (χ1) is 30.8. The fourth-order valence-corrected chi connectivity index (χ4v) is 9.77. The molecule has 2 N–H and O–H groups in total. The monoisotopic (exact) mass is 1010 g/mol. The van der Waals surface area contributed by atoms with E-state index in [1.165, 1.54) is 26.0 Å². The Bertz CT molecular complexity index is 3190. The first-order valence-corrected chi connectivity index (χ1v) is 24.3. The average Bonchev–Trinajstić information content (AvgIpc) is 3.38. The SMILES string of the molecule is CC(C)(C#Cc1nc([C@@H](Cc2cc(F)cc(F)c2)NC(=O)Cn2nc(C(F)(F)F)c3c2C(F)(F)[C@@H]2C[C@H]32)c(-c2ccc(Cl)c3c(NS(C)(=O)=O)nn(CC(F)(F)F)c23)c2c1CCC2)S(C)(=O)=O. The number of rotatable bonds is 11. The number of hydrogen-bond donors (Lipinski definition) is 2. The predicted octanol–water partition coefficient (Wildman–Crippen LogP) is 8.15. The van der Waals surface area contributed by atoms with Gasteiger partial charge in [-0.1, -0.05) is 23.6 Å². The molecule has 8 rings (SSSR count). The second-order valence-electron chi connectivity index (χ2n) is 17.3. The van der Waals surface area contributed by atoms with Crippen LogP contribution in [0.1, 0.15) is 83.7 Å². The van der Waals surface area contributed by atoms with E-state index in [0.29, 0.717) is 34.6 Å². The summed E-state index contributed by atoms with van der Waals surface area (Å²) in [6.07, 6.45) is -8.68. The minimum Gasteiger partial charge on any atom is -0.346 e. The molecule has 0 spiro atoms. The van der Waals surface area contributed by atoms with Crippen molar-refractivity contribution in [3.63, 3.8) is 0 Å². The summed E-state index contributed by atoms with van der Waals surface area (Å²) in [5, 5.41) is 9.30. The van der Waals surface area contributed by atoms with Gasteiger partial charge in [-0.15, -0.1) is 0 Å². The molecular formula is C42H36ClF10N7O5S2. The van der Waals surface area contributed by atoms with Crippen molar-refractivity contribution in [2.24, 2.45) is 5.92 Å². The molecule has 3 aliphatic carbocycles. The van der Waals surface area contributed by atoms with Gasteiger partial charge in [0.05, 0.1) is 33.9 Å². The van der Waals surface area contributed by atoms with Crippen LogP contribution in [0.15, 0.2) is 30.3 Å². The van der Waals surface area contributed by atoms with Gasteiger partial charge in [0.15, 0.2) is 21.3 Å². The Morgan fingerprint density at radius 3 is 2.24 bits per heavy atom. The number of carbonyl (C=O) groups excluding carboxylic acids is 1. The Morgan fingerprint density at radius 1 is 0.970 bits per heavy atom. The number of sulfonamides is 1. The van der Waals surface area contributed by atoms with Crippen LogP contribution in [0.4, 0.5) is 49.7 Å². The molecule has 3 aromatic heterocycles. The van der Waals surface area contributed by atoms with Crippen LogP contribution < -0.4 is 10.0 Å². The number of nitrogens with one attached hydrogen (secondary N) is 2. The zero-order valence-electron chi connectivity index (χ0n) is 35.3. The maximum atomic E-state index is 15.6. The van der Waals surface area contributed by atoms with Crippen molar-refractivity contribution in [1.82, 2.24) is 29.9 Å². The highest BCUT2D eigenvalue weighted by Gasteiger charge is 2.68. The lowest BCUT2D eigenvalue weighted by Gasteiger charge is -2.25. The number of alkyl halides is 8. The molecule has 0 unspecified atom stereocenters. The van der Waals surface area contributed by atoms with Gasteiger partial charge in [0.1, 0.15) is 40.9 Å². The minimum atomic E-state index is -5.19. The number of halogens is 11. The van der Waals surface area contributed by atoms with Crippen LogP contribution in [0.3, 0.4) is 0 Å². The van der Waals surface area contributed by atoms with Crippen molar-refractivity contribution in [2.45, 2.75) is 94.0 Å². The number of benzene rings is 2. The molecule has 0 radical (unpaired) electrons. The number of sulfone groups is 1. The topological polar surface area (TPSA) is 158 Å². The molecular weight excluding hydrogens is 972 g/mol. The lowest BCUT2D eigenvalue weighted by Crippen LogP contribution is -2.35. The van der Waals surface area contributed by atoms with E-state index < -0.39 is 126 Å². The van der Waals surface area contributed by atoms with Crippen LogP contribution in [0.25, 0.3) is 22.0 Å². The Balaban J connectivity index is 1.39. The van der Waals surface area contributed by atoms with Gasteiger partial charge >= 0.3 is 12.4 Å². The molecule has 3 aliphatic rings. The van der Waals surface area contributed by atoms with Gasteiger partial charge in [0.2, 0.25) is 15.9 Å². The molecule has 1 amide bonds. The predicted molar refractivity (Wildman–Crippen MR) is 223 cm³/mol. The Labute approximate surface area is 380 Å². The molecule has 5 aromatic rings. The van der Waals surface area contributed by atoms with E-state index in [2.05, 4.69) is 32.1 Å². The highest BCUT2D eigenvalue weighted by Crippen LogP contribution is 2.68. The Morgan fingerprint density at radius 2 is 1.63 bits per heavy atom. The van der Waals surface area contributed by atoms with Crippen LogP contribution >= 0.6 is 11.6 Å². The molecule has 1 saturated carbocycles. The number of fused-ring (bicyclic) bond motifs is 5. The molecule has 12 nitrogen and oxygen atoms in total. The van der Waals surface area contributed by atoms with E-state index >= 15 is 8.78 Å². The van der Waals surface area contributed by atoms with E-state index in [4.69, 9.17) is 16.6 Å². The smallest absolute Gasteiger partial charge is 0.346 e. The molecule has 1 fully saturated rings. The molecule has 0 saturated heterocycles. The number of anilines is 1. The number of hydrogen-bond acceptors (Lipinski definition) is 8. The summed E-state index contributed by atoms with van der Waals surface area (Å²) in [7, 11) is -8.08. The summed E-state index contributed by atoms with van der Waals surface area (Å²) in [4.78, 5) is 19.0. The number of carbonyl (C=O) groups is 1. The molecule has 3 heterocycles. The van der Waals surface area contributed by atoms with Crippen LogP contribution in [-0.2, 0) is 69.1 Å². The summed E-state index contributed by atoms with van der Waals surface area (Å²) < 4.78 is 198. The van der Waals surface area contributed by atoms with Crippen molar-refractivity contribution < 1.29 is 65.5 Å². The van der Waals surface area contributed by atoms with Crippen molar-refractivity contribution in [3.8, 4) is 23.0 Å². The molecule has 0 bridgehead atoms. The van der Waals surface area contributed by atoms with Gasteiger partial charge in [-0.3, -0.25) is 18.9 Å². The highest BCUT2D eigenvalue weighted by atomic mass is 35.5. The normalized spacial score (nSPS) is 18.3. The van der Waals surface area contributed by atoms with Crippen molar-refractivity contribution >= 4 is 54.1 Å². The summed E-state index contributed by atoms with van der Waals surface area (Å²) in [6.45, 7) is -0.435. The Hall–Kier alpha value is -5.41. The quantitative estimate of drug-likeness (QED) is 0.0992. The van der Waals surface area contributed by atoms with Crippen molar-refractivity contribution in [1.29, 1.82) is 0 Å². The third-order valence-electron chi connectivity index (χ3n) is 11.9. The van der Waals surface area contributed by atoms with Gasteiger partial charge < -0.3 is 5.32 Å². The first kappa shape index (κ1) is 48.1. The van der Waals surface area contributed by atoms with Crippen molar-refractivity contribution in [3.05, 3.63) is 92.0 Å². The summed E-state index contributed by atoms with van der Waals surface area (Å²) >= 11 is 6.57. The molecule has 0 aliphatic heterocycles. The van der Waals surface area contributed by atoms with Gasteiger partial charge in [0, 0.05) is 34.9 Å². The fourth-order valence-electron chi connectivity index (χ4n) is 8.80. The lowest BCUT2D eigenvalue weighted by atomic mass is 9.88. The molecule has 2 aromatic carbocycles. The van der Waals surface area contributed by atoms with E-state index in [1.807, 2.05) is 0 Å². The van der Waals surface area contributed by atoms with Gasteiger partial charge in [0.25, 0.3) is 5.92 Å². The first-order valence-electron chi connectivity index (χ1n) is 20.2.